The first-order valence-corrected chi connectivity index (χ1v) is 9.38. The zero-order valence-electron chi connectivity index (χ0n) is 16.6. The van der Waals surface area contributed by atoms with Crippen molar-refractivity contribution in [2.75, 3.05) is 11.9 Å². The smallest absolute Gasteiger partial charge is 0.269 e. The number of nitrogens with one attached hydrogen (secondary N) is 3. The number of hydrazine groups is 1. The van der Waals surface area contributed by atoms with Crippen molar-refractivity contribution in [3.63, 3.8) is 0 Å². The van der Waals surface area contributed by atoms with Crippen LogP contribution in [0.25, 0.3) is 0 Å². The molecule has 1 atom stereocenters. The fourth-order valence-electron chi connectivity index (χ4n) is 2.34. The van der Waals surface area contributed by atoms with Gasteiger partial charge in [0.15, 0.2) is 0 Å². The topological polar surface area (TPSA) is 138 Å². The molecule has 0 aliphatic rings. The van der Waals surface area contributed by atoms with E-state index in [-0.39, 0.29) is 0 Å². The van der Waals surface area contributed by atoms with E-state index >= 15 is 0 Å². The Labute approximate surface area is 180 Å². The van der Waals surface area contributed by atoms with Gasteiger partial charge in [-0.3, -0.25) is 20.4 Å². The summed E-state index contributed by atoms with van der Waals surface area (Å²) in [5.74, 6) is -0.429. The average molecular weight is 428 g/mol. The number of amides is 2. The molecule has 9 heteroatoms. The predicted molar refractivity (Wildman–Crippen MR) is 114 cm³/mol. The minimum absolute atomic E-state index is 0.363. The maximum absolute atomic E-state index is 11.2. The van der Waals surface area contributed by atoms with Crippen molar-refractivity contribution >= 4 is 29.6 Å². The zero-order valence-corrected chi connectivity index (χ0v) is 17.3. The molecule has 0 aromatic heterocycles. The van der Waals surface area contributed by atoms with Crippen LogP contribution in [0.3, 0.4) is 0 Å². The third-order valence-electron chi connectivity index (χ3n) is 3.83. The molecule has 2 amide bonds. The van der Waals surface area contributed by atoms with Crippen LogP contribution < -0.4 is 16.2 Å². The van der Waals surface area contributed by atoms with Crippen molar-refractivity contribution in [2.24, 2.45) is 0 Å². The molecule has 2 aromatic rings. The molecule has 4 N–H and O–H groups in total. The van der Waals surface area contributed by atoms with Gasteiger partial charge in [-0.05, 0) is 55.3 Å². The monoisotopic (exact) mass is 427 g/mol. The Bertz CT molecular complexity index is 947. The van der Waals surface area contributed by atoms with E-state index in [1.54, 1.807) is 13.0 Å². The molecular formula is C21H22ClN5O3. The predicted octanol–water partition coefficient (Wildman–Crippen LogP) is 2.52. The summed E-state index contributed by atoms with van der Waals surface area (Å²) in [5.41, 5.74) is 7.31. The number of hydrogen-bond donors (Lipinski definition) is 4. The maximum atomic E-state index is 11.2. The minimum Gasteiger partial charge on any atom is -0.392 e. The SMILES string of the molecule is CCc1c(NCC(C)O)ccc(C#N)c1Cl.N#Cc1ccc(C(=O)NNC=O)cc1. The molecule has 1 unspecified atom stereocenters. The van der Waals surface area contributed by atoms with Crippen LogP contribution in [0.1, 0.15) is 40.9 Å². The van der Waals surface area contributed by atoms with Crippen LogP contribution in [0.15, 0.2) is 36.4 Å². The number of rotatable bonds is 7. The Morgan fingerprint density at radius 2 is 1.87 bits per heavy atom. The van der Waals surface area contributed by atoms with Crippen LogP contribution in [-0.4, -0.2) is 30.1 Å². The zero-order chi connectivity index (χ0) is 22.5. The summed E-state index contributed by atoms with van der Waals surface area (Å²) in [4.78, 5) is 21.1. The van der Waals surface area contributed by atoms with Gasteiger partial charge in [0.05, 0.1) is 28.3 Å². The summed E-state index contributed by atoms with van der Waals surface area (Å²) in [6.45, 7) is 4.16. The number of carbonyl (C=O) groups excluding carboxylic acids is 2. The van der Waals surface area contributed by atoms with Gasteiger partial charge >= 0.3 is 0 Å². The molecule has 156 valence electrons. The third-order valence-corrected chi connectivity index (χ3v) is 4.26. The van der Waals surface area contributed by atoms with Crippen LogP contribution >= 0.6 is 11.6 Å². The van der Waals surface area contributed by atoms with E-state index in [9.17, 15) is 14.7 Å². The molecule has 2 rings (SSSR count). The number of aliphatic hydroxyl groups excluding tert-OH is 1. The highest BCUT2D eigenvalue weighted by atomic mass is 35.5. The van der Waals surface area contributed by atoms with Crippen LogP contribution in [0.2, 0.25) is 5.02 Å². The lowest BCUT2D eigenvalue weighted by molar-refractivity contribution is -0.110. The Morgan fingerprint density at radius 3 is 2.37 bits per heavy atom. The van der Waals surface area contributed by atoms with Crippen molar-refractivity contribution < 1.29 is 14.7 Å². The number of nitrogens with zero attached hydrogens (tertiary/aromatic N) is 2. The van der Waals surface area contributed by atoms with Crippen molar-refractivity contribution in [1.29, 1.82) is 10.5 Å². The van der Waals surface area contributed by atoms with Gasteiger partial charge in [-0.1, -0.05) is 18.5 Å². The molecule has 8 nitrogen and oxygen atoms in total. The minimum atomic E-state index is -0.429. The van der Waals surface area contributed by atoms with E-state index < -0.39 is 12.0 Å². The van der Waals surface area contributed by atoms with Crippen LogP contribution in [0.4, 0.5) is 5.69 Å². The van der Waals surface area contributed by atoms with Gasteiger partial charge in [-0.2, -0.15) is 10.5 Å². The van der Waals surface area contributed by atoms with E-state index in [1.165, 1.54) is 24.3 Å². The Kier molecular flexibility index (Phi) is 10.4. The summed E-state index contributed by atoms with van der Waals surface area (Å²) in [5, 5.41) is 30.2. The van der Waals surface area contributed by atoms with Crippen molar-refractivity contribution in [2.45, 2.75) is 26.4 Å². The molecule has 0 heterocycles. The summed E-state index contributed by atoms with van der Waals surface area (Å²) >= 11 is 6.10. The number of nitriles is 2. The van der Waals surface area contributed by atoms with Gasteiger partial charge in [-0.15, -0.1) is 0 Å². The number of anilines is 1. The Hall–Kier alpha value is -3.59. The number of benzene rings is 2. The summed E-state index contributed by atoms with van der Waals surface area (Å²) in [7, 11) is 0. The Morgan fingerprint density at radius 1 is 1.20 bits per heavy atom. The van der Waals surface area contributed by atoms with E-state index in [0.717, 1.165) is 17.7 Å². The molecule has 2 aromatic carbocycles. The maximum Gasteiger partial charge on any atom is 0.269 e. The van der Waals surface area contributed by atoms with Crippen LogP contribution in [0, 0.1) is 22.7 Å². The molecule has 0 fully saturated rings. The third kappa shape index (κ3) is 7.44. The second-order valence-corrected chi connectivity index (χ2v) is 6.43. The molecule has 30 heavy (non-hydrogen) atoms. The number of halogens is 1. The number of carbonyl (C=O) groups is 2. The number of hydrogen-bond acceptors (Lipinski definition) is 6. The first-order chi connectivity index (χ1) is 14.4. The second kappa shape index (κ2) is 12.8. The largest absolute Gasteiger partial charge is 0.392 e. The highest BCUT2D eigenvalue weighted by Gasteiger charge is 2.10. The van der Waals surface area contributed by atoms with Crippen LogP contribution in [-0.2, 0) is 11.2 Å². The van der Waals surface area contributed by atoms with Gasteiger partial charge in [0, 0.05) is 17.8 Å². The quantitative estimate of drug-likeness (QED) is 0.395. The van der Waals surface area contributed by atoms with E-state index in [4.69, 9.17) is 22.1 Å². The van der Waals surface area contributed by atoms with E-state index in [2.05, 4.69) is 16.8 Å². The molecule has 0 aliphatic heterocycles. The van der Waals surface area contributed by atoms with Crippen molar-refractivity contribution in [3.8, 4) is 12.1 Å². The molecule has 0 saturated heterocycles. The van der Waals surface area contributed by atoms with Gasteiger partial charge in [0.25, 0.3) is 5.91 Å². The normalized spacial score (nSPS) is 10.3. The molecule has 0 bridgehead atoms. The molecule has 0 aliphatic carbocycles. The number of aliphatic hydroxyl groups is 1. The van der Waals surface area contributed by atoms with Gasteiger partial charge < -0.3 is 10.4 Å². The fourth-order valence-corrected chi connectivity index (χ4v) is 2.68. The summed E-state index contributed by atoms with van der Waals surface area (Å²) < 4.78 is 0. The molecule has 0 radical (unpaired) electrons. The average Bonchev–Trinajstić information content (AvgIpc) is 2.76. The van der Waals surface area contributed by atoms with Gasteiger partial charge in [-0.25, -0.2) is 0 Å². The Balaban J connectivity index is 0.000000303. The van der Waals surface area contributed by atoms with Gasteiger partial charge in [0.2, 0.25) is 6.41 Å². The van der Waals surface area contributed by atoms with Gasteiger partial charge in [0.1, 0.15) is 6.07 Å². The lowest BCUT2D eigenvalue weighted by Crippen LogP contribution is -2.36. The second-order valence-electron chi connectivity index (χ2n) is 6.05. The van der Waals surface area contributed by atoms with Crippen LogP contribution in [0.5, 0.6) is 0 Å². The van der Waals surface area contributed by atoms with Crippen molar-refractivity contribution in [3.05, 3.63) is 63.7 Å². The molecule has 0 spiro atoms. The lowest BCUT2D eigenvalue weighted by atomic mass is 10.1. The summed E-state index contributed by atoms with van der Waals surface area (Å²) in [6, 6.07) is 13.5. The highest BCUT2D eigenvalue weighted by Crippen LogP contribution is 2.28. The van der Waals surface area contributed by atoms with E-state index in [0.29, 0.717) is 34.7 Å². The standard InChI is InChI=1S/C12H15ClN2O.C9H7N3O2/c1-3-10-11(15-7-8(2)16)5-4-9(6-14)12(10)13;10-5-7-1-3-8(4-2-7)9(14)12-11-6-13/h4-5,8,15-16H,3,7H2,1-2H3;1-4,6H,(H,11,13)(H,12,14). The first kappa shape index (κ1) is 24.4. The molecule has 0 saturated carbocycles. The first-order valence-electron chi connectivity index (χ1n) is 9.00. The highest BCUT2D eigenvalue weighted by molar-refractivity contribution is 6.32. The summed E-state index contributed by atoms with van der Waals surface area (Å²) in [6.07, 6.45) is 0.692. The van der Waals surface area contributed by atoms with E-state index in [1.807, 2.05) is 24.5 Å². The lowest BCUT2D eigenvalue weighted by Gasteiger charge is -2.14. The van der Waals surface area contributed by atoms with Crippen molar-refractivity contribution in [1.82, 2.24) is 10.9 Å². The fraction of sp³-hybridized carbons (Fsp3) is 0.238. The molecular weight excluding hydrogens is 406 g/mol.